The van der Waals surface area contributed by atoms with E-state index in [0.29, 0.717) is 5.02 Å². The Morgan fingerprint density at radius 3 is 2.67 bits per heavy atom. The summed E-state index contributed by atoms with van der Waals surface area (Å²) in [5.74, 6) is -7.08. The number of amides is 1. The van der Waals surface area contributed by atoms with Gasteiger partial charge in [0.25, 0.3) is 5.92 Å². The molecule has 1 saturated heterocycles. The van der Waals surface area contributed by atoms with Crippen LogP contribution in [0.3, 0.4) is 0 Å². The maximum Gasteiger partial charge on any atom is 0.398 e. The predicted octanol–water partition coefficient (Wildman–Crippen LogP) is 3.58. The van der Waals surface area contributed by atoms with Crippen molar-refractivity contribution in [2.45, 2.75) is 31.5 Å². The van der Waals surface area contributed by atoms with Crippen LogP contribution in [-0.4, -0.2) is 47.0 Å². The van der Waals surface area contributed by atoms with Gasteiger partial charge < -0.3 is 5.32 Å². The van der Waals surface area contributed by atoms with Crippen molar-refractivity contribution in [1.29, 1.82) is 0 Å². The van der Waals surface area contributed by atoms with E-state index in [1.165, 1.54) is 25.3 Å². The highest BCUT2D eigenvalue weighted by atomic mass is 35.5. The quantitative estimate of drug-likeness (QED) is 0.826. The smallest absolute Gasteiger partial charge is 0.309 e. The zero-order valence-corrected chi connectivity index (χ0v) is 13.3. The first-order valence-electron chi connectivity index (χ1n) is 7.12. The van der Waals surface area contributed by atoms with E-state index in [4.69, 9.17) is 11.6 Å². The van der Waals surface area contributed by atoms with Crippen molar-refractivity contribution in [2.75, 3.05) is 18.4 Å². The van der Waals surface area contributed by atoms with E-state index in [-0.39, 0.29) is 12.4 Å². The van der Waals surface area contributed by atoms with Crippen molar-refractivity contribution < 1.29 is 26.7 Å². The Morgan fingerprint density at radius 2 is 2.12 bits per heavy atom. The van der Waals surface area contributed by atoms with Gasteiger partial charge in [-0.05, 0) is 19.1 Å². The van der Waals surface area contributed by atoms with Crippen molar-refractivity contribution in [3.8, 4) is 0 Å². The number of piperidine rings is 1. The molecule has 1 N–H and O–H groups in total. The van der Waals surface area contributed by atoms with Crippen LogP contribution in [-0.2, 0) is 4.79 Å². The van der Waals surface area contributed by atoms with E-state index < -0.39 is 42.9 Å². The number of carbonyl (C=O) groups is 1. The van der Waals surface area contributed by atoms with E-state index in [9.17, 15) is 26.7 Å². The number of nitrogens with one attached hydrogen (secondary N) is 1. The Balaban J connectivity index is 2.05. The van der Waals surface area contributed by atoms with Crippen LogP contribution in [0.5, 0.6) is 0 Å². The number of anilines is 1. The fourth-order valence-electron chi connectivity index (χ4n) is 2.47. The van der Waals surface area contributed by atoms with Gasteiger partial charge in [-0.1, -0.05) is 11.6 Å². The fraction of sp³-hybridized carbons (Fsp3) is 0.571. The minimum absolute atomic E-state index is 0.172. The van der Waals surface area contributed by atoms with E-state index in [0.717, 1.165) is 4.90 Å². The van der Waals surface area contributed by atoms with E-state index in [1.54, 1.807) is 0 Å². The van der Waals surface area contributed by atoms with Crippen molar-refractivity contribution in [1.82, 2.24) is 9.88 Å². The number of aromatic nitrogens is 1. The molecule has 0 unspecified atom stereocenters. The van der Waals surface area contributed by atoms with Gasteiger partial charge in [-0.3, -0.25) is 9.69 Å². The third-order valence-electron chi connectivity index (χ3n) is 3.96. The van der Waals surface area contributed by atoms with Crippen molar-refractivity contribution in [2.24, 2.45) is 5.92 Å². The molecule has 2 rings (SSSR count). The molecule has 0 aromatic carbocycles. The summed E-state index contributed by atoms with van der Waals surface area (Å²) in [4.78, 5) is 17.1. The van der Waals surface area contributed by atoms with Gasteiger partial charge in [0.1, 0.15) is 11.7 Å². The lowest BCUT2D eigenvalue weighted by atomic mass is 9.92. The highest BCUT2D eigenvalue weighted by molar-refractivity contribution is 6.30. The number of alkyl halides is 5. The Kier molecular flexibility index (Phi) is 5.34. The van der Waals surface area contributed by atoms with E-state index >= 15 is 0 Å². The average Bonchev–Trinajstić information content (AvgIpc) is 2.47. The summed E-state index contributed by atoms with van der Waals surface area (Å²) < 4.78 is 65.5. The number of hydrogen-bond donors (Lipinski definition) is 1. The zero-order valence-electron chi connectivity index (χ0n) is 12.6. The van der Waals surface area contributed by atoms with Crippen molar-refractivity contribution in [3.63, 3.8) is 0 Å². The van der Waals surface area contributed by atoms with Crippen LogP contribution in [0.25, 0.3) is 0 Å². The van der Waals surface area contributed by atoms with Gasteiger partial charge in [0.05, 0.1) is 11.1 Å². The molecule has 0 spiro atoms. The number of carbonyl (C=O) groups excluding carboxylic acids is 1. The van der Waals surface area contributed by atoms with Crippen molar-refractivity contribution in [3.05, 3.63) is 23.4 Å². The first-order chi connectivity index (χ1) is 11.0. The average molecular weight is 372 g/mol. The van der Waals surface area contributed by atoms with Crippen LogP contribution in [0.15, 0.2) is 18.3 Å². The molecule has 24 heavy (non-hydrogen) atoms. The van der Waals surface area contributed by atoms with E-state index in [1.807, 2.05) is 0 Å². The number of likely N-dealkylation sites (tertiary alicyclic amines) is 1. The van der Waals surface area contributed by atoms with Crippen LogP contribution >= 0.6 is 11.6 Å². The molecule has 0 saturated carbocycles. The number of pyridine rings is 1. The number of hydrogen-bond acceptors (Lipinski definition) is 3. The lowest BCUT2D eigenvalue weighted by molar-refractivity contribution is -0.259. The lowest BCUT2D eigenvalue weighted by Gasteiger charge is -2.41. The van der Waals surface area contributed by atoms with Crippen LogP contribution < -0.4 is 5.32 Å². The predicted molar refractivity (Wildman–Crippen MR) is 78.0 cm³/mol. The molecular weight excluding hydrogens is 357 g/mol. The molecule has 1 amide bonds. The largest absolute Gasteiger partial charge is 0.398 e. The summed E-state index contributed by atoms with van der Waals surface area (Å²) in [5, 5.41) is 2.78. The first-order valence-corrected chi connectivity index (χ1v) is 7.49. The molecule has 1 aromatic rings. The maximum absolute atomic E-state index is 13.5. The molecule has 1 aromatic heterocycles. The SMILES string of the molecule is C[C@@H](C(=O)Nc1ccc(Cl)cn1)N1CCC(F)(F)[C@H](C(F)(F)F)C1. The summed E-state index contributed by atoms with van der Waals surface area (Å²) in [6.45, 7) is 0.128. The maximum atomic E-state index is 13.5. The van der Waals surface area contributed by atoms with Crippen LogP contribution in [0.4, 0.5) is 27.8 Å². The van der Waals surface area contributed by atoms with Crippen molar-refractivity contribution >= 4 is 23.3 Å². The second-order valence-corrected chi connectivity index (χ2v) is 6.06. The summed E-state index contributed by atoms with van der Waals surface area (Å²) in [6.07, 6.45) is -4.69. The normalized spacial score (nSPS) is 22.9. The van der Waals surface area contributed by atoms with Gasteiger partial charge in [-0.25, -0.2) is 13.8 Å². The molecule has 0 bridgehead atoms. The van der Waals surface area contributed by atoms with Gasteiger partial charge in [0.2, 0.25) is 5.91 Å². The van der Waals surface area contributed by atoms with Gasteiger partial charge in [-0.15, -0.1) is 0 Å². The fourth-order valence-corrected chi connectivity index (χ4v) is 2.58. The van der Waals surface area contributed by atoms with Gasteiger partial charge in [0.15, 0.2) is 0 Å². The lowest BCUT2D eigenvalue weighted by Crippen LogP contribution is -2.57. The highest BCUT2D eigenvalue weighted by Gasteiger charge is 2.58. The van der Waals surface area contributed by atoms with Crippen LogP contribution in [0.2, 0.25) is 5.02 Å². The first kappa shape index (κ1) is 18.9. The molecule has 2 heterocycles. The van der Waals surface area contributed by atoms with Crippen LogP contribution in [0.1, 0.15) is 13.3 Å². The minimum Gasteiger partial charge on any atom is -0.309 e. The summed E-state index contributed by atoms with van der Waals surface area (Å²) in [5.41, 5.74) is 0. The third-order valence-corrected chi connectivity index (χ3v) is 4.18. The molecule has 1 aliphatic rings. The molecule has 10 heteroatoms. The molecule has 0 radical (unpaired) electrons. The summed E-state index contributed by atoms with van der Waals surface area (Å²) in [6, 6.07) is 1.90. The zero-order chi connectivity index (χ0) is 18.1. The summed E-state index contributed by atoms with van der Waals surface area (Å²) >= 11 is 5.66. The Morgan fingerprint density at radius 1 is 1.46 bits per heavy atom. The van der Waals surface area contributed by atoms with Gasteiger partial charge in [-0.2, -0.15) is 13.2 Å². The molecule has 134 valence electrons. The number of nitrogens with zero attached hydrogens (tertiary/aromatic N) is 2. The third kappa shape index (κ3) is 4.32. The molecule has 1 fully saturated rings. The van der Waals surface area contributed by atoms with Gasteiger partial charge in [0, 0.05) is 25.7 Å². The van der Waals surface area contributed by atoms with Crippen LogP contribution in [0, 0.1) is 5.92 Å². The Labute approximate surface area is 140 Å². The van der Waals surface area contributed by atoms with E-state index in [2.05, 4.69) is 10.3 Å². The highest BCUT2D eigenvalue weighted by Crippen LogP contribution is 2.43. The Hall–Kier alpha value is -1.48. The molecular formula is C14H15ClF5N3O. The molecule has 2 atom stereocenters. The monoisotopic (exact) mass is 371 g/mol. The standard InChI is InChI=1S/C14H15ClF5N3O/c1-8(12(24)22-11-3-2-9(15)6-21-11)23-5-4-13(16,17)10(7-23)14(18,19)20/h2-3,6,8,10H,4-5,7H2,1H3,(H,21,22,24)/t8-,10+/m0/s1. The molecule has 1 aliphatic heterocycles. The topological polar surface area (TPSA) is 45.2 Å². The number of halogens is 6. The Bertz CT molecular complexity index is 593. The second-order valence-electron chi connectivity index (χ2n) is 5.63. The summed E-state index contributed by atoms with van der Waals surface area (Å²) in [7, 11) is 0. The number of rotatable bonds is 3. The second kappa shape index (κ2) is 6.79. The molecule has 0 aliphatic carbocycles. The van der Waals surface area contributed by atoms with Gasteiger partial charge >= 0.3 is 6.18 Å². The minimum atomic E-state index is -5.03. The molecule has 4 nitrogen and oxygen atoms in total.